The summed E-state index contributed by atoms with van der Waals surface area (Å²) in [5.74, 6) is -2.53. The number of nitrogens with one attached hydrogen (secondary N) is 4. The number of fused-ring (bicyclic) bond motifs is 1. The number of methoxy groups -OCH3 is 1. The zero-order valence-corrected chi connectivity index (χ0v) is 24.1. The number of ketones is 1. The van der Waals surface area contributed by atoms with Crippen molar-refractivity contribution in [1.82, 2.24) is 30.5 Å². The van der Waals surface area contributed by atoms with Crippen molar-refractivity contribution >= 4 is 40.4 Å². The maximum atomic E-state index is 13.5. The predicted molar refractivity (Wildman–Crippen MR) is 152 cm³/mol. The van der Waals surface area contributed by atoms with Gasteiger partial charge in [-0.25, -0.2) is 9.78 Å². The van der Waals surface area contributed by atoms with E-state index < -0.39 is 48.2 Å². The molecule has 42 heavy (non-hydrogen) atoms. The van der Waals surface area contributed by atoms with Gasteiger partial charge in [-0.2, -0.15) is 0 Å². The fourth-order valence-electron chi connectivity index (χ4n) is 4.93. The van der Waals surface area contributed by atoms with Gasteiger partial charge in [0.1, 0.15) is 17.5 Å². The van der Waals surface area contributed by atoms with Crippen LogP contribution in [0, 0.1) is 11.8 Å². The summed E-state index contributed by atoms with van der Waals surface area (Å²) >= 11 is 0. The van der Waals surface area contributed by atoms with E-state index in [9.17, 15) is 24.0 Å². The average Bonchev–Trinajstić information content (AvgIpc) is 3.70. The number of aromatic amines is 1. The summed E-state index contributed by atoms with van der Waals surface area (Å²) in [5.41, 5.74) is 0.942. The number of rotatable bonds is 13. The van der Waals surface area contributed by atoms with Crippen molar-refractivity contribution in [2.24, 2.45) is 18.9 Å². The first-order chi connectivity index (χ1) is 20.1. The molecule has 4 N–H and O–H groups in total. The van der Waals surface area contributed by atoms with Crippen molar-refractivity contribution in [3.8, 4) is 5.75 Å². The van der Waals surface area contributed by atoms with E-state index in [1.165, 1.54) is 17.9 Å². The van der Waals surface area contributed by atoms with Gasteiger partial charge in [0, 0.05) is 42.8 Å². The van der Waals surface area contributed by atoms with Crippen LogP contribution in [0.2, 0.25) is 0 Å². The molecular formula is C29H36N6O7. The highest BCUT2D eigenvalue weighted by Gasteiger charge is 2.34. The highest BCUT2D eigenvalue weighted by Crippen LogP contribution is 2.26. The Morgan fingerprint density at radius 3 is 2.60 bits per heavy atom. The summed E-state index contributed by atoms with van der Waals surface area (Å²) in [5, 5.41) is 8.93. The van der Waals surface area contributed by atoms with E-state index in [0.717, 1.165) is 5.39 Å². The van der Waals surface area contributed by atoms with E-state index in [-0.39, 0.29) is 29.8 Å². The van der Waals surface area contributed by atoms with Crippen LogP contribution in [0.3, 0.4) is 0 Å². The number of benzene rings is 1. The lowest BCUT2D eigenvalue weighted by Crippen LogP contribution is -2.53. The molecule has 3 heterocycles. The molecule has 13 heteroatoms. The third kappa shape index (κ3) is 7.14. The summed E-state index contributed by atoms with van der Waals surface area (Å²) in [6.45, 7) is 3.66. The Bertz CT molecular complexity index is 1480. The fraction of sp³-hybridized carbons (Fsp3) is 0.448. The summed E-state index contributed by atoms with van der Waals surface area (Å²) in [6, 6.07) is 4.93. The van der Waals surface area contributed by atoms with Gasteiger partial charge in [0.25, 0.3) is 5.91 Å². The van der Waals surface area contributed by atoms with Crippen LogP contribution < -0.4 is 20.7 Å². The summed E-state index contributed by atoms with van der Waals surface area (Å²) < 4.78 is 12.0. The Balaban J connectivity index is 1.48. The molecule has 1 aliphatic rings. The first kappa shape index (κ1) is 30.3. The Morgan fingerprint density at radius 2 is 1.95 bits per heavy atom. The number of nitrogens with zero attached hydrogens (tertiary/aromatic N) is 2. The zero-order chi connectivity index (χ0) is 30.4. The van der Waals surface area contributed by atoms with E-state index in [1.807, 2.05) is 19.9 Å². The van der Waals surface area contributed by atoms with E-state index >= 15 is 0 Å². The van der Waals surface area contributed by atoms with Crippen LogP contribution in [0.25, 0.3) is 10.9 Å². The lowest BCUT2D eigenvalue weighted by molar-refractivity contribution is -0.131. The summed E-state index contributed by atoms with van der Waals surface area (Å²) in [6.07, 6.45) is 3.81. The molecule has 3 atom stereocenters. The Morgan fingerprint density at radius 1 is 1.17 bits per heavy atom. The molecule has 0 aliphatic carbocycles. The topological polar surface area (TPSA) is 174 Å². The van der Waals surface area contributed by atoms with Crippen molar-refractivity contribution < 1.29 is 33.4 Å². The first-order valence-corrected chi connectivity index (χ1v) is 13.8. The largest absolute Gasteiger partial charge is 0.496 e. The van der Waals surface area contributed by atoms with Crippen molar-refractivity contribution in [2.75, 3.05) is 20.3 Å². The Hall–Kier alpha value is -4.68. The maximum absolute atomic E-state index is 13.5. The second-order valence-corrected chi connectivity index (χ2v) is 10.7. The highest BCUT2D eigenvalue weighted by molar-refractivity contribution is 6.02. The number of amides is 3. The second kappa shape index (κ2) is 13.3. The van der Waals surface area contributed by atoms with Crippen LogP contribution >= 0.6 is 0 Å². The lowest BCUT2D eigenvalue weighted by atomic mass is 9.95. The smallest absolute Gasteiger partial charge is 0.374 e. The van der Waals surface area contributed by atoms with Gasteiger partial charge in [-0.05, 0) is 43.4 Å². The standard InChI is InChI=1S/C29H36N6O7/c1-16(2)12-21(34-28(39)22-14-18-19(32-22)6-5-7-24(18)41-4)27(38)33-20(13-17-8-9-31-26(17)37)23(36)15-42-29(40)25-30-10-11-35(25)3/h5-7,10-11,14,16-17,20-21,32H,8-9,12-13,15H2,1-4H3,(H,31,37)(H,33,38)(H,34,39)/t17-,20-,21-/m0/s1. The molecule has 224 valence electrons. The number of aryl methyl sites for hydroxylation is 1. The minimum atomic E-state index is -1.12. The number of ether oxygens (including phenoxy) is 2. The maximum Gasteiger partial charge on any atom is 0.374 e. The van der Waals surface area contributed by atoms with Crippen molar-refractivity contribution in [3.05, 3.63) is 48.2 Å². The molecule has 0 radical (unpaired) electrons. The van der Waals surface area contributed by atoms with Crippen LogP contribution in [0.1, 0.15) is 54.2 Å². The molecule has 1 aromatic carbocycles. The molecule has 0 unspecified atom stereocenters. The molecular weight excluding hydrogens is 544 g/mol. The van der Waals surface area contributed by atoms with Crippen molar-refractivity contribution in [1.29, 1.82) is 0 Å². The van der Waals surface area contributed by atoms with Gasteiger partial charge in [-0.1, -0.05) is 19.9 Å². The molecule has 13 nitrogen and oxygen atoms in total. The fourth-order valence-corrected chi connectivity index (χ4v) is 4.93. The molecule has 3 aromatic rings. The van der Waals surface area contributed by atoms with Gasteiger partial charge >= 0.3 is 5.97 Å². The number of hydrogen-bond acceptors (Lipinski definition) is 8. The predicted octanol–water partition coefficient (Wildman–Crippen LogP) is 1.49. The molecule has 0 saturated carbocycles. The SMILES string of the molecule is COc1cccc2[nH]c(C(=O)N[C@@H](CC(C)C)C(=O)N[C@@H](C[C@@H]3CCNC3=O)C(=O)COC(=O)c3nccn3C)cc12. The number of H-pyrrole nitrogens is 1. The van der Waals surface area contributed by atoms with E-state index in [2.05, 4.69) is 25.9 Å². The minimum absolute atomic E-state index is 0.0212. The van der Waals surface area contributed by atoms with Crippen molar-refractivity contribution in [2.45, 2.75) is 45.2 Å². The van der Waals surface area contributed by atoms with Crippen LogP contribution in [-0.4, -0.2) is 76.4 Å². The molecule has 0 spiro atoms. The summed E-state index contributed by atoms with van der Waals surface area (Å²) in [4.78, 5) is 71.6. The zero-order valence-electron chi connectivity index (χ0n) is 24.1. The third-order valence-electron chi connectivity index (χ3n) is 7.16. The van der Waals surface area contributed by atoms with Gasteiger partial charge < -0.3 is 35.0 Å². The van der Waals surface area contributed by atoms with Gasteiger partial charge in [0.2, 0.25) is 17.6 Å². The molecule has 0 bridgehead atoms. The highest BCUT2D eigenvalue weighted by atomic mass is 16.5. The monoisotopic (exact) mass is 580 g/mol. The number of carbonyl (C=O) groups excluding carboxylic acids is 5. The number of esters is 1. The van der Waals surface area contributed by atoms with Crippen LogP contribution in [0.5, 0.6) is 5.75 Å². The quantitative estimate of drug-likeness (QED) is 0.220. The van der Waals surface area contributed by atoms with Crippen LogP contribution in [0.4, 0.5) is 0 Å². The van der Waals surface area contributed by atoms with Crippen LogP contribution in [-0.2, 0) is 26.2 Å². The van der Waals surface area contributed by atoms with Crippen molar-refractivity contribution in [3.63, 3.8) is 0 Å². The Kier molecular flexibility index (Phi) is 9.60. The normalized spacial score (nSPS) is 16.1. The summed E-state index contributed by atoms with van der Waals surface area (Å²) in [7, 11) is 3.15. The number of hydrogen-bond donors (Lipinski definition) is 4. The second-order valence-electron chi connectivity index (χ2n) is 10.7. The number of Topliss-reactive ketones (excluding diaryl/α,β-unsaturated/α-hetero) is 1. The molecule has 1 saturated heterocycles. The van der Waals surface area contributed by atoms with Gasteiger partial charge in [0.05, 0.1) is 13.2 Å². The van der Waals surface area contributed by atoms with E-state index in [4.69, 9.17) is 9.47 Å². The number of carbonyl (C=O) groups is 5. The average molecular weight is 581 g/mol. The van der Waals surface area contributed by atoms with Gasteiger partial charge in [-0.15, -0.1) is 0 Å². The molecule has 3 amide bonds. The van der Waals surface area contributed by atoms with E-state index in [0.29, 0.717) is 30.7 Å². The molecule has 2 aromatic heterocycles. The van der Waals surface area contributed by atoms with Gasteiger partial charge in [-0.3, -0.25) is 19.2 Å². The Labute approximate surface area is 242 Å². The molecule has 4 rings (SSSR count). The third-order valence-corrected chi connectivity index (χ3v) is 7.16. The number of imidazole rings is 1. The molecule has 1 aliphatic heterocycles. The first-order valence-electron chi connectivity index (χ1n) is 13.8. The van der Waals surface area contributed by atoms with E-state index in [1.54, 1.807) is 31.4 Å². The lowest BCUT2D eigenvalue weighted by Gasteiger charge is -2.25. The van der Waals surface area contributed by atoms with Gasteiger partial charge in [0.15, 0.2) is 12.4 Å². The molecule has 1 fully saturated rings. The number of aromatic nitrogens is 3. The van der Waals surface area contributed by atoms with Crippen LogP contribution in [0.15, 0.2) is 36.7 Å². The minimum Gasteiger partial charge on any atom is -0.496 e.